The zero-order valence-electron chi connectivity index (χ0n) is 14.9. The average Bonchev–Trinajstić information content (AvgIpc) is 3.19. The Labute approximate surface area is 164 Å². The highest BCUT2D eigenvalue weighted by Gasteiger charge is 2.33. The van der Waals surface area contributed by atoms with Gasteiger partial charge in [0.15, 0.2) is 5.11 Å². The van der Waals surface area contributed by atoms with Crippen molar-refractivity contribution in [2.75, 3.05) is 19.6 Å². The highest BCUT2D eigenvalue weighted by Crippen LogP contribution is 2.26. The zero-order valence-corrected chi connectivity index (χ0v) is 17.3. The maximum absolute atomic E-state index is 12.6. The van der Waals surface area contributed by atoms with E-state index in [-0.39, 0.29) is 12.5 Å². The van der Waals surface area contributed by atoms with E-state index in [1.165, 1.54) is 15.6 Å². The van der Waals surface area contributed by atoms with Gasteiger partial charge in [-0.3, -0.25) is 15.6 Å². The molecule has 10 heteroatoms. The number of hydrazine groups is 1. The van der Waals surface area contributed by atoms with Gasteiger partial charge in [0.05, 0.1) is 5.92 Å². The van der Waals surface area contributed by atoms with Gasteiger partial charge in [-0.1, -0.05) is 25.8 Å². The second-order valence-corrected chi connectivity index (χ2v) is 9.73. The van der Waals surface area contributed by atoms with Crippen LogP contribution in [0.5, 0.6) is 0 Å². The molecule has 1 saturated heterocycles. The number of carbonyl (C=O) groups is 1. The van der Waals surface area contributed by atoms with E-state index in [4.69, 9.17) is 12.2 Å². The summed E-state index contributed by atoms with van der Waals surface area (Å²) in [7, 11) is -3.52. The molecule has 1 atom stereocenters. The monoisotopic (exact) mass is 418 g/mol. The number of hydrogen-bond donors (Lipinski definition) is 3. The minimum atomic E-state index is -3.52. The van der Waals surface area contributed by atoms with Crippen LogP contribution in [0.3, 0.4) is 0 Å². The van der Waals surface area contributed by atoms with E-state index < -0.39 is 15.9 Å². The van der Waals surface area contributed by atoms with Crippen LogP contribution in [-0.4, -0.2) is 43.4 Å². The van der Waals surface area contributed by atoms with Crippen molar-refractivity contribution in [1.29, 1.82) is 0 Å². The summed E-state index contributed by atoms with van der Waals surface area (Å²) in [6, 6.07) is 3.30. The number of thiophene rings is 1. The summed E-state index contributed by atoms with van der Waals surface area (Å²) in [6.45, 7) is 3.51. The molecule has 0 aliphatic carbocycles. The third kappa shape index (κ3) is 5.90. The lowest BCUT2D eigenvalue weighted by Gasteiger charge is -2.30. The van der Waals surface area contributed by atoms with Gasteiger partial charge in [-0.2, -0.15) is 4.31 Å². The molecule has 26 heavy (non-hydrogen) atoms. The highest BCUT2D eigenvalue weighted by molar-refractivity contribution is 7.91. The maximum Gasteiger partial charge on any atom is 0.252 e. The first kappa shape index (κ1) is 21.1. The summed E-state index contributed by atoms with van der Waals surface area (Å²) in [5, 5.41) is 5.13. The summed E-state index contributed by atoms with van der Waals surface area (Å²) < 4.78 is 26.9. The summed E-state index contributed by atoms with van der Waals surface area (Å²) in [5.74, 6) is -0.636. The van der Waals surface area contributed by atoms with Crippen molar-refractivity contribution in [3.8, 4) is 0 Å². The Balaban J connectivity index is 1.81. The van der Waals surface area contributed by atoms with E-state index in [1.54, 1.807) is 17.5 Å². The molecule has 1 fully saturated rings. The molecule has 7 nitrogen and oxygen atoms in total. The van der Waals surface area contributed by atoms with Crippen LogP contribution in [0.2, 0.25) is 0 Å². The number of piperidine rings is 1. The van der Waals surface area contributed by atoms with Crippen molar-refractivity contribution in [1.82, 2.24) is 20.5 Å². The molecule has 2 heterocycles. The van der Waals surface area contributed by atoms with Crippen molar-refractivity contribution in [2.24, 2.45) is 5.92 Å². The van der Waals surface area contributed by atoms with Crippen LogP contribution in [0.25, 0.3) is 0 Å². The molecule has 0 aromatic carbocycles. The summed E-state index contributed by atoms with van der Waals surface area (Å²) in [6.07, 6.45) is 4.58. The fraction of sp³-hybridized carbons (Fsp3) is 0.625. The van der Waals surface area contributed by atoms with Gasteiger partial charge < -0.3 is 5.32 Å². The maximum atomic E-state index is 12.6. The van der Waals surface area contributed by atoms with Gasteiger partial charge in [0.1, 0.15) is 4.21 Å². The van der Waals surface area contributed by atoms with Gasteiger partial charge in [0.2, 0.25) is 5.91 Å². The molecule has 1 aliphatic heterocycles. The minimum Gasteiger partial charge on any atom is -0.361 e. The third-order valence-electron chi connectivity index (χ3n) is 4.21. The molecule has 0 spiro atoms. The largest absolute Gasteiger partial charge is 0.361 e. The smallest absolute Gasteiger partial charge is 0.252 e. The van der Waals surface area contributed by atoms with Crippen molar-refractivity contribution in [2.45, 2.75) is 43.2 Å². The standard InChI is InChI=1S/C16H26N4O3S3/c1-2-3-4-9-17-16(24)19-18-15(21)13-7-5-10-20(12-13)26(22,23)14-8-6-11-25-14/h6,8,11,13H,2-5,7,9-10,12H2,1H3,(H,18,21)(H2,17,19,24)/t13-/m1/s1. The van der Waals surface area contributed by atoms with Gasteiger partial charge in [-0.15, -0.1) is 11.3 Å². The summed E-state index contributed by atoms with van der Waals surface area (Å²) in [5.41, 5.74) is 5.28. The molecular formula is C16H26N4O3S3. The van der Waals surface area contributed by atoms with E-state index in [1.807, 2.05) is 0 Å². The Morgan fingerprint density at radius 1 is 1.38 bits per heavy atom. The number of unbranched alkanes of at least 4 members (excludes halogenated alkanes) is 2. The zero-order chi connectivity index (χ0) is 19.0. The van der Waals surface area contributed by atoms with Crippen LogP contribution in [-0.2, 0) is 14.8 Å². The van der Waals surface area contributed by atoms with E-state index >= 15 is 0 Å². The number of nitrogens with zero attached hydrogens (tertiary/aromatic N) is 1. The van der Waals surface area contributed by atoms with Crippen molar-refractivity contribution in [3.63, 3.8) is 0 Å². The molecular weight excluding hydrogens is 392 g/mol. The van der Waals surface area contributed by atoms with E-state index in [0.717, 1.165) is 25.8 Å². The van der Waals surface area contributed by atoms with Gasteiger partial charge in [-0.25, -0.2) is 8.42 Å². The summed E-state index contributed by atoms with van der Waals surface area (Å²) in [4.78, 5) is 12.4. The van der Waals surface area contributed by atoms with Gasteiger partial charge in [-0.05, 0) is 42.9 Å². The predicted molar refractivity (Wildman–Crippen MR) is 107 cm³/mol. The molecule has 146 valence electrons. The molecule has 0 unspecified atom stereocenters. The fourth-order valence-electron chi connectivity index (χ4n) is 2.75. The number of thiocarbonyl (C=S) groups is 1. The first-order valence-electron chi connectivity index (χ1n) is 8.82. The van der Waals surface area contributed by atoms with Gasteiger partial charge in [0.25, 0.3) is 10.0 Å². The lowest BCUT2D eigenvalue weighted by Crippen LogP contribution is -2.52. The Hall–Kier alpha value is -1.23. The number of rotatable bonds is 7. The number of carbonyl (C=O) groups excluding carboxylic acids is 1. The summed E-state index contributed by atoms with van der Waals surface area (Å²) >= 11 is 6.31. The molecule has 1 aromatic heterocycles. The average molecular weight is 419 g/mol. The first-order valence-corrected chi connectivity index (χ1v) is 11.5. The lowest BCUT2D eigenvalue weighted by molar-refractivity contribution is -0.126. The Morgan fingerprint density at radius 2 is 2.19 bits per heavy atom. The first-order chi connectivity index (χ1) is 12.4. The van der Waals surface area contributed by atoms with E-state index in [2.05, 4.69) is 23.1 Å². The fourth-order valence-corrected chi connectivity index (χ4v) is 5.58. The Bertz CT molecular complexity index is 692. The second-order valence-electron chi connectivity index (χ2n) is 6.21. The number of sulfonamides is 1. The Kier molecular flexibility index (Phi) is 8.26. The van der Waals surface area contributed by atoms with Crippen LogP contribution in [0.1, 0.15) is 39.0 Å². The number of nitrogens with one attached hydrogen (secondary N) is 3. The van der Waals surface area contributed by atoms with Crippen LogP contribution in [0, 0.1) is 5.92 Å². The topological polar surface area (TPSA) is 90.5 Å². The van der Waals surface area contributed by atoms with E-state index in [9.17, 15) is 13.2 Å². The molecule has 0 saturated carbocycles. The predicted octanol–water partition coefficient (Wildman–Crippen LogP) is 1.83. The second kappa shape index (κ2) is 10.2. The Morgan fingerprint density at radius 3 is 2.88 bits per heavy atom. The van der Waals surface area contributed by atoms with Crippen molar-refractivity contribution in [3.05, 3.63) is 17.5 Å². The highest BCUT2D eigenvalue weighted by atomic mass is 32.2. The molecule has 1 amide bonds. The minimum absolute atomic E-state index is 0.185. The third-order valence-corrected chi connectivity index (χ3v) is 7.69. The molecule has 1 aliphatic rings. The number of amides is 1. The molecule has 1 aromatic rings. The molecule has 0 radical (unpaired) electrons. The normalized spacial score (nSPS) is 18.3. The van der Waals surface area contributed by atoms with Gasteiger partial charge >= 0.3 is 0 Å². The number of hydrogen-bond acceptors (Lipinski definition) is 5. The van der Waals surface area contributed by atoms with Gasteiger partial charge in [0, 0.05) is 19.6 Å². The van der Waals surface area contributed by atoms with E-state index in [0.29, 0.717) is 28.7 Å². The van der Waals surface area contributed by atoms with Crippen LogP contribution in [0.15, 0.2) is 21.7 Å². The van der Waals surface area contributed by atoms with Crippen molar-refractivity contribution < 1.29 is 13.2 Å². The SMILES string of the molecule is CCCCCNC(=S)NNC(=O)[C@@H]1CCCN(S(=O)(=O)c2cccs2)C1. The molecule has 0 bridgehead atoms. The molecule has 2 rings (SSSR count). The van der Waals surface area contributed by atoms with Crippen molar-refractivity contribution >= 4 is 44.6 Å². The quantitative estimate of drug-likeness (QED) is 0.356. The van der Waals surface area contributed by atoms with Crippen LogP contribution >= 0.6 is 23.6 Å². The molecule has 3 N–H and O–H groups in total. The lowest BCUT2D eigenvalue weighted by atomic mass is 9.99. The van der Waals surface area contributed by atoms with Crippen LogP contribution < -0.4 is 16.2 Å². The van der Waals surface area contributed by atoms with Crippen LogP contribution in [0.4, 0.5) is 0 Å².